The van der Waals surface area contributed by atoms with Gasteiger partial charge in [-0.05, 0) is 96.1 Å². The summed E-state index contributed by atoms with van der Waals surface area (Å²) in [4.78, 5) is 19.1. The van der Waals surface area contributed by atoms with Gasteiger partial charge in [0.15, 0.2) is 22.3 Å². The fourth-order valence-corrected chi connectivity index (χ4v) is 6.20. The number of nitrogens with zero attached hydrogens (tertiary/aromatic N) is 4. The second kappa shape index (κ2) is 11.3. The molecule has 0 aliphatic rings. The molecule has 8 heteroatoms. The second-order valence-electron chi connectivity index (χ2n) is 11.9. The number of oxazole rings is 4. The molecule has 10 rings (SSSR count). The van der Waals surface area contributed by atoms with Crippen molar-refractivity contribution in [2.75, 3.05) is 0 Å². The zero-order valence-electron chi connectivity index (χ0n) is 26.3. The average Bonchev–Trinajstić information content (AvgIpc) is 3.97. The molecule has 50 heavy (non-hydrogen) atoms. The van der Waals surface area contributed by atoms with Crippen molar-refractivity contribution in [1.82, 2.24) is 19.9 Å². The molecular weight excluding hydrogens is 624 g/mol. The van der Waals surface area contributed by atoms with Crippen molar-refractivity contribution < 1.29 is 17.7 Å². The van der Waals surface area contributed by atoms with Gasteiger partial charge in [0.25, 0.3) is 0 Å². The van der Waals surface area contributed by atoms with Crippen LogP contribution in [0.15, 0.2) is 151 Å². The first-order valence-electron chi connectivity index (χ1n) is 16.1. The quantitative estimate of drug-likeness (QED) is 0.164. The van der Waals surface area contributed by atoms with Crippen LogP contribution in [0.4, 0.5) is 0 Å². The predicted octanol–water partition coefficient (Wildman–Crippen LogP) is 11.1. The summed E-state index contributed by atoms with van der Waals surface area (Å²) in [6, 6.07) is 43.0. The zero-order valence-corrected chi connectivity index (χ0v) is 26.3. The number of benzene rings is 6. The van der Waals surface area contributed by atoms with Crippen LogP contribution in [0.25, 0.3) is 102 Å². The third-order valence-corrected chi connectivity index (χ3v) is 8.68. The molecule has 8 nitrogen and oxygen atoms in total. The molecule has 0 aliphatic carbocycles. The standard InChI is InChI=1S/C42H24N4O4/c1-5-13-35-31(9-1)43-39(47-35)27-19-21-29(41-45-33-11-3-7-15-37(33)49-41)25(23-27)17-18-26-24-28(40-44-32-10-2-6-14-36(32)48-40)20-22-30(26)42-46-34-12-4-8-16-38(34)50-42/h1-24H. The minimum absolute atomic E-state index is 0.509. The first-order chi connectivity index (χ1) is 24.7. The van der Waals surface area contributed by atoms with Crippen LogP contribution in [0.3, 0.4) is 0 Å². The van der Waals surface area contributed by atoms with Crippen molar-refractivity contribution in [3.05, 3.63) is 145 Å². The summed E-state index contributed by atoms with van der Waals surface area (Å²) >= 11 is 0. The Hall–Kier alpha value is -7.06. The molecule has 0 bridgehead atoms. The van der Waals surface area contributed by atoms with E-state index in [0.29, 0.717) is 34.7 Å². The third-order valence-electron chi connectivity index (χ3n) is 8.68. The second-order valence-corrected chi connectivity index (χ2v) is 11.9. The number of para-hydroxylation sites is 8. The lowest BCUT2D eigenvalue weighted by molar-refractivity contribution is 0.617. The van der Waals surface area contributed by atoms with Crippen molar-refractivity contribution >= 4 is 56.6 Å². The van der Waals surface area contributed by atoms with Crippen LogP contribution in [-0.4, -0.2) is 19.9 Å². The van der Waals surface area contributed by atoms with E-state index in [9.17, 15) is 0 Å². The van der Waals surface area contributed by atoms with Gasteiger partial charge in [-0.2, -0.15) is 0 Å². The molecule has 0 saturated carbocycles. The van der Waals surface area contributed by atoms with Crippen molar-refractivity contribution in [2.45, 2.75) is 0 Å². The lowest BCUT2D eigenvalue weighted by Crippen LogP contribution is -1.89. The highest BCUT2D eigenvalue weighted by Crippen LogP contribution is 2.36. The smallest absolute Gasteiger partial charge is 0.227 e. The van der Waals surface area contributed by atoms with Crippen molar-refractivity contribution in [3.8, 4) is 45.8 Å². The minimum Gasteiger partial charge on any atom is -0.436 e. The summed E-state index contributed by atoms with van der Waals surface area (Å²) in [5.74, 6) is 2.06. The summed E-state index contributed by atoms with van der Waals surface area (Å²) in [5.41, 5.74) is 11.0. The van der Waals surface area contributed by atoms with Gasteiger partial charge >= 0.3 is 0 Å². The summed E-state index contributed by atoms with van der Waals surface area (Å²) in [5, 5.41) is 0. The molecule has 0 amide bonds. The van der Waals surface area contributed by atoms with Gasteiger partial charge in [0.05, 0.1) is 0 Å². The summed E-state index contributed by atoms with van der Waals surface area (Å²) in [7, 11) is 0. The Morgan fingerprint density at radius 2 is 0.660 bits per heavy atom. The number of fused-ring (bicyclic) bond motifs is 4. The molecule has 0 atom stereocenters. The molecule has 236 valence electrons. The van der Waals surface area contributed by atoms with E-state index >= 15 is 0 Å². The van der Waals surface area contributed by atoms with Gasteiger partial charge in [-0.1, -0.05) is 60.7 Å². The number of hydrogen-bond acceptors (Lipinski definition) is 8. The largest absolute Gasteiger partial charge is 0.436 e. The number of hydrogen-bond donors (Lipinski definition) is 0. The molecule has 0 saturated heterocycles. The summed E-state index contributed by atoms with van der Waals surface area (Å²) < 4.78 is 24.8. The van der Waals surface area contributed by atoms with E-state index in [4.69, 9.17) is 37.6 Å². The van der Waals surface area contributed by atoms with Gasteiger partial charge in [0.2, 0.25) is 23.6 Å². The van der Waals surface area contributed by atoms with E-state index in [1.54, 1.807) is 0 Å². The van der Waals surface area contributed by atoms with Gasteiger partial charge in [-0.3, -0.25) is 0 Å². The first-order valence-corrected chi connectivity index (χ1v) is 16.1. The van der Waals surface area contributed by atoms with Crippen LogP contribution in [0.1, 0.15) is 11.1 Å². The van der Waals surface area contributed by atoms with E-state index in [2.05, 4.69) is 0 Å². The Kier molecular flexibility index (Phi) is 6.32. The summed E-state index contributed by atoms with van der Waals surface area (Å²) in [6.45, 7) is 0. The highest BCUT2D eigenvalue weighted by atomic mass is 16.4. The van der Waals surface area contributed by atoms with Crippen LogP contribution in [0.5, 0.6) is 0 Å². The molecule has 0 unspecified atom stereocenters. The Labute approximate surface area is 284 Å². The molecule has 0 spiro atoms. The maximum atomic E-state index is 6.24. The zero-order chi connectivity index (χ0) is 33.0. The molecule has 10 aromatic rings. The van der Waals surface area contributed by atoms with E-state index in [-0.39, 0.29) is 0 Å². The monoisotopic (exact) mass is 648 g/mol. The maximum absolute atomic E-state index is 6.24. The van der Waals surface area contributed by atoms with Crippen molar-refractivity contribution in [2.24, 2.45) is 0 Å². The fraction of sp³-hybridized carbons (Fsp3) is 0. The third kappa shape index (κ3) is 4.86. The maximum Gasteiger partial charge on any atom is 0.227 e. The number of aromatic nitrogens is 4. The van der Waals surface area contributed by atoms with Gasteiger partial charge in [0, 0.05) is 22.3 Å². The summed E-state index contributed by atoms with van der Waals surface area (Å²) in [6.07, 6.45) is 4.07. The highest BCUT2D eigenvalue weighted by molar-refractivity contribution is 5.88. The average molecular weight is 649 g/mol. The Balaban J connectivity index is 1.14. The van der Waals surface area contributed by atoms with Crippen LogP contribution in [-0.2, 0) is 0 Å². The fourth-order valence-electron chi connectivity index (χ4n) is 6.20. The van der Waals surface area contributed by atoms with Crippen LogP contribution in [0.2, 0.25) is 0 Å². The van der Waals surface area contributed by atoms with Gasteiger partial charge in [-0.15, -0.1) is 0 Å². The molecular formula is C42H24N4O4. The molecule has 6 aromatic carbocycles. The Morgan fingerprint density at radius 3 is 1.02 bits per heavy atom. The van der Waals surface area contributed by atoms with Crippen LogP contribution >= 0.6 is 0 Å². The van der Waals surface area contributed by atoms with E-state index in [0.717, 1.165) is 66.6 Å². The Bertz CT molecular complexity index is 2580. The Morgan fingerprint density at radius 1 is 0.340 bits per heavy atom. The van der Waals surface area contributed by atoms with Gasteiger partial charge in [-0.25, -0.2) is 19.9 Å². The molecule has 4 aromatic heterocycles. The van der Waals surface area contributed by atoms with Crippen molar-refractivity contribution in [3.63, 3.8) is 0 Å². The minimum atomic E-state index is 0.509. The molecule has 4 heterocycles. The van der Waals surface area contributed by atoms with Crippen molar-refractivity contribution in [1.29, 1.82) is 0 Å². The van der Waals surface area contributed by atoms with Gasteiger partial charge < -0.3 is 17.7 Å². The van der Waals surface area contributed by atoms with E-state index < -0.39 is 0 Å². The first kappa shape index (κ1) is 28.0. The van der Waals surface area contributed by atoms with E-state index in [1.807, 2.05) is 146 Å². The lowest BCUT2D eigenvalue weighted by Gasteiger charge is -2.07. The number of rotatable bonds is 6. The van der Waals surface area contributed by atoms with Crippen LogP contribution < -0.4 is 0 Å². The van der Waals surface area contributed by atoms with Crippen LogP contribution in [0, 0.1) is 0 Å². The normalized spacial score (nSPS) is 11.9. The molecule has 0 fully saturated rings. The molecule has 0 N–H and O–H groups in total. The topological polar surface area (TPSA) is 104 Å². The lowest BCUT2D eigenvalue weighted by atomic mass is 9.99. The van der Waals surface area contributed by atoms with E-state index in [1.165, 1.54) is 0 Å². The SMILES string of the molecule is C(=Cc1cc(-c2nc3ccccc3o2)ccc1-c1nc2ccccc2o1)c1cc(-c2nc3ccccc3o2)ccc1-c1nc2ccccc2o1. The predicted molar refractivity (Wildman–Crippen MR) is 194 cm³/mol. The molecule has 0 aliphatic heterocycles. The van der Waals surface area contributed by atoms with Gasteiger partial charge in [0.1, 0.15) is 22.1 Å². The highest BCUT2D eigenvalue weighted by Gasteiger charge is 2.18. The molecule has 0 radical (unpaired) electrons.